The molecule has 4 nitrogen and oxygen atoms in total. The Morgan fingerprint density at radius 1 is 1.35 bits per heavy atom. The third-order valence-electron chi connectivity index (χ3n) is 2.46. The molecule has 17 heavy (non-hydrogen) atoms. The molecule has 0 aliphatic rings. The summed E-state index contributed by atoms with van der Waals surface area (Å²) < 4.78 is 7.48. The molecule has 2 aromatic rings. The molecule has 0 saturated heterocycles. The van der Waals surface area contributed by atoms with E-state index in [1.807, 2.05) is 25.1 Å². The molecule has 0 radical (unpaired) electrons. The number of anilines is 1. The van der Waals surface area contributed by atoms with Crippen molar-refractivity contribution < 1.29 is 4.74 Å². The van der Waals surface area contributed by atoms with E-state index >= 15 is 0 Å². The van der Waals surface area contributed by atoms with Gasteiger partial charge in [0.05, 0.1) is 24.7 Å². The van der Waals surface area contributed by atoms with Crippen LogP contribution in [0.4, 0.5) is 5.69 Å². The predicted molar refractivity (Wildman–Crippen MR) is 70.1 cm³/mol. The Morgan fingerprint density at radius 2 is 2.12 bits per heavy atom. The first-order valence-electron chi connectivity index (χ1n) is 5.11. The first-order chi connectivity index (χ1) is 8.11. The minimum Gasteiger partial charge on any atom is -0.496 e. The highest BCUT2D eigenvalue weighted by Gasteiger charge is 2.03. The molecule has 2 N–H and O–H groups in total. The van der Waals surface area contributed by atoms with Crippen LogP contribution in [-0.2, 0) is 0 Å². The summed E-state index contributed by atoms with van der Waals surface area (Å²) in [4.78, 5) is 0. The van der Waals surface area contributed by atoms with Crippen molar-refractivity contribution in [2.75, 3.05) is 12.8 Å². The SMILES string of the molecule is COc1cc(-n2ncc(N)cc2=S)ccc1C. The van der Waals surface area contributed by atoms with Crippen molar-refractivity contribution in [2.45, 2.75) is 6.92 Å². The Hall–Kier alpha value is -1.88. The summed E-state index contributed by atoms with van der Waals surface area (Å²) in [6, 6.07) is 7.51. The lowest BCUT2D eigenvalue weighted by molar-refractivity contribution is 0.411. The number of methoxy groups -OCH3 is 1. The number of nitrogen functional groups attached to an aromatic ring is 1. The van der Waals surface area contributed by atoms with Crippen molar-refractivity contribution >= 4 is 17.9 Å². The van der Waals surface area contributed by atoms with Crippen molar-refractivity contribution in [2.24, 2.45) is 0 Å². The molecule has 0 fully saturated rings. The van der Waals surface area contributed by atoms with Gasteiger partial charge in [-0.25, -0.2) is 4.68 Å². The van der Waals surface area contributed by atoms with E-state index in [2.05, 4.69) is 5.10 Å². The number of benzene rings is 1. The van der Waals surface area contributed by atoms with Crippen LogP contribution >= 0.6 is 12.2 Å². The van der Waals surface area contributed by atoms with Gasteiger partial charge in [-0.2, -0.15) is 5.10 Å². The molecule has 0 aliphatic heterocycles. The topological polar surface area (TPSA) is 53.1 Å². The number of nitrogens with two attached hydrogens (primary N) is 1. The fourth-order valence-electron chi connectivity index (χ4n) is 1.56. The summed E-state index contributed by atoms with van der Waals surface area (Å²) in [5.74, 6) is 0.808. The average Bonchev–Trinajstić information content (AvgIpc) is 2.30. The smallest absolute Gasteiger partial charge is 0.130 e. The number of ether oxygens (including phenoxy) is 1. The third-order valence-corrected chi connectivity index (χ3v) is 2.75. The molecule has 0 amide bonds. The zero-order valence-corrected chi connectivity index (χ0v) is 10.5. The normalized spacial score (nSPS) is 10.2. The molecule has 5 heteroatoms. The molecule has 0 aliphatic carbocycles. The fourth-order valence-corrected chi connectivity index (χ4v) is 1.85. The molecule has 1 aromatic heterocycles. The monoisotopic (exact) mass is 247 g/mol. The second-order valence-electron chi connectivity index (χ2n) is 3.69. The van der Waals surface area contributed by atoms with Crippen LogP contribution in [0, 0.1) is 11.6 Å². The number of aryl methyl sites for hydroxylation is 1. The number of nitrogens with zero attached hydrogens (tertiary/aromatic N) is 2. The molecular formula is C12H13N3OS. The molecule has 1 aromatic carbocycles. The molecule has 0 saturated carbocycles. The van der Waals surface area contributed by atoms with E-state index in [1.165, 1.54) is 0 Å². The number of rotatable bonds is 2. The molecule has 0 bridgehead atoms. The van der Waals surface area contributed by atoms with Crippen LogP contribution in [0.5, 0.6) is 5.75 Å². The Morgan fingerprint density at radius 3 is 2.76 bits per heavy atom. The lowest BCUT2D eigenvalue weighted by Crippen LogP contribution is -2.03. The molecule has 1 heterocycles. The van der Waals surface area contributed by atoms with E-state index < -0.39 is 0 Å². The van der Waals surface area contributed by atoms with E-state index in [0.717, 1.165) is 17.0 Å². The van der Waals surface area contributed by atoms with Crippen LogP contribution in [0.3, 0.4) is 0 Å². The van der Waals surface area contributed by atoms with E-state index in [0.29, 0.717) is 10.3 Å². The van der Waals surface area contributed by atoms with Crippen LogP contribution in [0.2, 0.25) is 0 Å². The Balaban J connectivity index is 2.57. The molecule has 0 atom stereocenters. The molecule has 0 spiro atoms. The van der Waals surface area contributed by atoms with E-state index in [4.69, 9.17) is 22.7 Å². The number of hydrogen-bond acceptors (Lipinski definition) is 4. The lowest BCUT2D eigenvalue weighted by atomic mass is 10.2. The number of aromatic nitrogens is 2. The van der Waals surface area contributed by atoms with Gasteiger partial charge in [0, 0.05) is 6.07 Å². The summed E-state index contributed by atoms with van der Waals surface area (Å²) in [6.45, 7) is 1.98. The maximum Gasteiger partial charge on any atom is 0.130 e. The summed E-state index contributed by atoms with van der Waals surface area (Å²) in [5.41, 5.74) is 8.11. The maximum absolute atomic E-state index is 5.62. The summed E-state index contributed by atoms with van der Waals surface area (Å²) in [7, 11) is 1.64. The van der Waals surface area contributed by atoms with Crippen LogP contribution in [0.25, 0.3) is 5.69 Å². The van der Waals surface area contributed by atoms with Crippen molar-refractivity contribution in [3.63, 3.8) is 0 Å². The quantitative estimate of drug-likeness (QED) is 0.828. The summed E-state index contributed by atoms with van der Waals surface area (Å²) in [6.07, 6.45) is 1.57. The van der Waals surface area contributed by atoms with Gasteiger partial charge in [0.2, 0.25) is 0 Å². The van der Waals surface area contributed by atoms with Crippen molar-refractivity contribution in [3.05, 3.63) is 40.7 Å². The Kier molecular flexibility index (Phi) is 3.10. The van der Waals surface area contributed by atoms with Gasteiger partial charge in [0.25, 0.3) is 0 Å². The van der Waals surface area contributed by atoms with E-state index in [1.54, 1.807) is 24.1 Å². The first-order valence-corrected chi connectivity index (χ1v) is 5.52. The van der Waals surface area contributed by atoms with Gasteiger partial charge in [0.1, 0.15) is 10.4 Å². The first kappa shape index (κ1) is 11.6. The highest BCUT2D eigenvalue weighted by molar-refractivity contribution is 7.71. The van der Waals surface area contributed by atoms with Gasteiger partial charge in [-0.1, -0.05) is 18.3 Å². The van der Waals surface area contributed by atoms with Crippen LogP contribution < -0.4 is 10.5 Å². The van der Waals surface area contributed by atoms with Crippen molar-refractivity contribution in [1.29, 1.82) is 0 Å². The van der Waals surface area contributed by atoms with E-state index in [-0.39, 0.29) is 0 Å². The van der Waals surface area contributed by atoms with Gasteiger partial charge in [-0.3, -0.25) is 0 Å². The highest BCUT2D eigenvalue weighted by Crippen LogP contribution is 2.21. The highest BCUT2D eigenvalue weighted by atomic mass is 32.1. The van der Waals surface area contributed by atoms with Gasteiger partial charge >= 0.3 is 0 Å². The van der Waals surface area contributed by atoms with Crippen LogP contribution in [0.15, 0.2) is 30.5 Å². The average molecular weight is 247 g/mol. The van der Waals surface area contributed by atoms with Gasteiger partial charge < -0.3 is 10.5 Å². The fraction of sp³-hybridized carbons (Fsp3) is 0.167. The zero-order chi connectivity index (χ0) is 12.4. The summed E-state index contributed by atoms with van der Waals surface area (Å²) >= 11 is 5.21. The summed E-state index contributed by atoms with van der Waals surface area (Å²) in [5, 5.41) is 4.19. The van der Waals surface area contributed by atoms with Crippen molar-refractivity contribution in [3.8, 4) is 11.4 Å². The minimum absolute atomic E-state index is 0.560. The molecule has 0 unspecified atom stereocenters. The minimum atomic E-state index is 0.560. The Bertz CT molecular complexity index is 607. The van der Waals surface area contributed by atoms with Gasteiger partial charge in [-0.05, 0) is 24.6 Å². The van der Waals surface area contributed by atoms with Gasteiger partial charge in [0.15, 0.2) is 0 Å². The molecule has 2 rings (SSSR count). The third kappa shape index (κ3) is 2.29. The van der Waals surface area contributed by atoms with Crippen LogP contribution in [-0.4, -0.2) is 16.9 Å². The second-order valence-corrected chi connectivity index (χ2v) is 4.11. The molecule has 88 valence electrons. The second kappa shape index (κ2) is 4.55. The maximum atomic E-state index is 5.62. The van der Waals surface area contributed by atoms with Gasteiger partial charge in [-0.15, -0.1) is 0 Å². The largest absolute Gasteiger partial charge is 0.496 e. The van der Waals surface area contributed by atoms with E-state index in [9.17, 15) is 0 Å². The number of hydrogen-bond donors (Lipinski definition) is 1. The van der Waals surface area contributed by atoms with Crippen molar-refractivity contribution in [1.82, 2.24) is 9.78 Å². The van der Waals surface area contributed by atoms with Crippen LogP contribution in [0.1, 0.15) is 5.56 Å². The lowest BCUT2D eigenvalue weighted by Gasteiger charge is -2.09. The molecular weight excluding hydrogens is 234 g/mol. The Labute approximate surface area is 105 Å². The standard InChI is InChI=1S/C12H13N3OS/c1-8-3-4-10(6-11(8)16-2)15-12(17)5-9(13)7-14-15/h3-7H,13H2,1-2H3. The zero-order valence-electron chi connectivity index (χ0n) is 9.68. The predicted octanol–water partition coefficient (Wildman–Crippen LogP) is 2.50.